The molecule has 0 saturated heterocycles. The highest BCUT2D eigenvalue weighted by Crippen LogP contribution is 2.35. The molecule has 0 aliphatic rings. The van der Waals surface area contributed by atoms with E-state index in [1.807, 2.05) is 0 Å². The lowest BCUT2D eigenvalue weighted by Gasteiger charge is -2.09. The van der Waals surface area contributed by atoms with Gasteiger partial charge in [-0.05, 0) is 12.1 Å². The van der Waals surface area contributed by atoms with Gasteiger partial charge in [-0.25, -0.2) is 17.6 Å². The van der Waals surface area contributed by atoms with Crippen LogP contribution in [0.25, 0.3) is 0 Å². The van der Waals surface area contributed by atoms with Crippen LogP contribution in [-0.4, -0.2) is 11.9 Å². The van der Waals surface area contributed by atoms with E-state index in [2.05, 4.69) is 0 Å². The van der Waals surface area contributed by atoms with Crippen molar-refractivity contribution in [1.82, 2.24) is 0 Å². The lowest BCUT2D eigenvalue weighted by Crippen LogP contribution is -2.06. The van der Waals surface area contributed by atoms with Crippen molar-refractivity contribution in [1.29, 1.82) is 0 Å². The molecule has 0 spiro atoms. The summed E-state index contributed by atoms with van der Waals surface area (Å²) in [6.07, 6.45) is -3.13. The van der Waals surface area contributed by atoms with Gasteiger partial charge in [0, 0.05) is 4.90 Å². The van der Waals surface area contributed by atoms with E-state index >= 15 is 0 Å². The molecule has 2 N–H and O–H groups in total. The largest absolute Gasteiger partial charge is 0.396 e. The van der Waals surface area contributed by atoms with Crippen molar-refractivity contribution in [2.45, 2.75) is 16.8 Å². The first-order chi connectivity index (χ1) is 6.91. The highest BCUT2D eigenvalue weighted by Gasteiger charge is 2.22. The Morgan fingerprint density at radius 3 is 2.31 bits per heavy atom. The molecule has 0 aliphatic carbocycles. The van der Waals surface area contributed by atoms with Crippen molar-refractivity contribution in [2.75, 3.05) is 5.73 Å². The van der Waals surface area contributed by atoms with Crippen LogP contribution in [0.5, 0.6) is 0 Å². The van der Waals surface area contributed by atoms with Gasteiger partial charge in [0.15, 0.2) is 0 Å². The maximum Gasteiger partial charge on any atom is 0.278 e. The second-order valence-corrected chi connectivity index (χ2v) is 4.14. The van der Waals surface area contributed by atoms with Gasteiger partial charge < -0.3 is 5.73 Å². The lowest BCUT2D eigenvalue weighted by atomic mass is 10.3. The predicted molar refractivity (Wildman–Crippen MR) is 59.8 cm³/mol. The summed E-state index contributed by atoms with van der Waals surface area (Å²) in [5, 5.41) is -0.144. The Labute approximate surface area is 105 Å². The van der Waals surface area contributed by atoms with Gasteiger partial charge in [-0.1, -0.05) is 23.4 Å². The number of halogens is 6. The number of hydrogen-bond acceptors (Lipinski definition) is 2. The van der Waals surface area contributed by atoms with Crippen molar-refractivity contribution >= 4 is 41.5 Å². The second kappa shape index (κ2) is 6.42. The van der Waals surface area contributed by atoms with Gasteiger partial charge in [0.25, 0.3) is 6.43 Å². The zero-order valence-corrected chi connectivity index (χ0v) is 9.98. The molecule has 16 heavy (non-hydrogen) atoms. The zero-order chi connectivity index (χ0) is 11.6. The molecule has 1 nitrogen and oxygen atoms in total. The minimum absolute atomic E-state index is 0. The van der Waals surface area contributed by atoms with Crippen molar-refractivity contribution in [3.63, 3.8) is 0 Å². The first kappa shape index (κ1) is 15.7. The summed E-state index contributed by atoms with van der Waals surface area (Å²) in [5.41, 5.74) is 2.51. The number of alkyl halides is 3. The molecule has 0 saturated carbocycles. The molecule has 92 valence electrons. The van der Waals surface area contributed by atoms with Gasteiger partial charge in [0.2, 0.25) is 5.50 Å². The van der Waals surface area contributed by atoms with E-state index < -0.39 is 17.7 Å². The molecule has 1 atom stereocenters. The van der Waals surface area contributed by atoms with Crippen molar-refractivity contribution in [3.05, 3.63) is 23.0 Å². The van der Waals surface area contributed by atoms with Crippen molar-refractivity contribution in [3.8, 4) is 0 Å². The second-order valence-electron chi connectivity index (χ2n) is 2.61. The summed E-state index contributed by atoms with van der Waals surface area (Å²) in [7, 11) is 0. The average Bonchev–Trinajstić information content (AvgIpc) is 2.13. The van der Waals surface area contributed by atoms with Crippen LogP contribution in [0.3, 0.4) is 0 Å². The van der Waals surface area contributed by atoms with Crippen LogP contribution >= 0.6 is 35.8 Å². The number of nitrogens with two attached hydrogens (primary N) is 1. The SMILES string of the molecule is Cl.Nc1cc(SC(F)C(F)F)c(Cl)cc1F. The van der Waals surface area contributed by atoms with E-state index in [1.54, 1.807) is 0 Å². The normalized spacial score (nSPS) is 12.4. The Morgan fingerprint density at radius 1 is 1.25 bits per heavy atom. The Morgan fingerprint density at radius 2 is 1.81 bits per heavy atom. The molecule has 1 rings (SSSR count). The number of thioether (sulfide) groups is 1. The monoisotopic (exact) mass is 295 g/mol. The fraction of sp³-hybridized carbons (Fsp3) is 0.250. The molecule has 0 bridgehead atoms. The smallest absolute Gasteiger partial charge is 0.278 e. The third kappa shape index (κ3) is 3.92. The quantitative estimate of drug-likeness (QED) is 0.515. The minimum Gasteiger partial charge on any atom is -0.396 e. The maximum atomic E-state index is 12.8. The Kier molecular flexibility index (Phi) is 6.28. The number of anilines is 1. The van der Waals surface area contributed by atoms with Gasteiger partial charge in [0.05, 0.1) is 10.7 Å². The molecule has 0 aromatic heterocycles. The summed E-state index contributed by atoms with van der Waals surface area (Å²) in [4.78, 5) is -0.0108. The lowest BCUT2D eigenvalue weighted by molar-refractivity contribution is 0.0953. The van der Waals surface area contributed by atoms with Crippen LogP contribution < -0.4 is 5.73 Å². The topological polar surface area (TPSA) is 26.0 Å². The van der Waals surface area contributed by atoms with Gasteiger partial charge in [-0.3, -0.25) is 0 Å². The van der Waals surface area contributed by atoms with Gasteiger partial charge in [-0.2, -0.15) is 0 Å². The minimum atomic E-state index is -3.13. The third-order valence-electron chi connectivity index (χ3n) is 1.49. The Hall–Kier alpha value is -0.330. The molecule has 0 aliphatic heterocycles. The van der Waals surface area contributed by atoms with Crippen LogP contribution in [0.15, 0.2) is 17.0 Å². The van der Waals surface area contributed by atoms with E-state index in [4.69, 9.17) is 17.3 Å². The van der Waals surface area contributed by atoms with Crippen LogP contribution in [-0.2, 0) is 0 Å². The molecule has 0 radical (unpaired) electrons. The molecule has 0 amide bonds. The molecule has 0 heterocycles. The molecule has 1 aromatic carbocycles. The summed E-state index contributed by atoms with van der Waals surface area (Å²) in [5.74, 6) is -0.767. The Balaban J connectivity index is 0.00000225. The van der Waals surface area contributed by atoms with E-state index in [9.17, 15) is 17.6 Å². The number of rotatable bonds is 3. The van der Waals surface area contributed by atoms with Crippen molar-refractivity contribution in [2.24, 2.45) is 0 Å². The molecule has 1 aromatic rings. The van der Waals surface area contributed by atoms with Gasteiger partial charge in [-0.15, -0.1) is 12.4 Å². The van der Waals surface area contributed by atoms with Gasteiger partial charge in [0.1, 0.15) is 5.82 Å². The average molecular weight is 296 g/mol. The van der Waals surface area contributed by atoms with Crippen LogP contribution in [0.2, 0.25) is 5.02 Å². The van der Waals surface area contributed by atoms with E-state index in [-0.39, 0.29) is 39.8 Å². The molecule has 1 unspecified atom stereocenters. The van der Waals surface area contributed by atoms with E-state index in [0.29, 0.717) is 0 Å². The zero-order valence-electron chi connectivity index (χ0n) is 7.59. The standard InChI is InChI=1S/C8H6ClF4NS.ClH/c9-3-1-4(10)5(14)2-6(3)15-8(13)7(11)12;/h1-2,7-8H,14H2;1H. The Bertz CT molecular complexity index is 364. The fourth-order valence-electron chi connectivity index (χ4n) is 0.808. The third-order valence-corrected chi connectivity index (χ3v) is 2.94. The number of hydrogen-bond donors (Lipinski definition) is 1. The van der Waals surface area contributed by atoms with Crippen LogP contribution in [0.1, 0.15) is 0 Å². The highest BCUT2D eigenvalue weighted by molar-refractivity contribution is 8.00. The summed E-state index contributed by atoms with van der Waals surface area (Å²) in [6.45, 7) is 0. The molecular formula is C8H7Cl2F4NS. The predicted octanol–water partition coefficient (Wildman–Crippen LogP) is 4.14. The summed E-state index contributed by atoms with van der Waals surface area (Å²) in [6, 6.07) is 1.88. The summed E-state index contributed by atoms with van der Waals surface area (Å²) < 4.78 is 49.2. The molecule has 8 heteroatoms. The van der Waals surface area contributed by atoms with Crippen LogP contribution in [0, 0.1) is 5.82 Å². The molecular weight excluding hydrogens is 289 g/mol. The first-order valence-electron chi connectivity index (χ1n) is 3.75. The van der Waals surface area contributed by atoms with E-state index in [1.165, 1.54) is 0 Å². The van der Waals surface area contributed by atoms with Crippen LogP contribution in [0.4, 0.5) is 23.2 Å². The van der Waals surface area contributed by atoms with E-state index in [0.717, 1.165) is 12.1 Å². The number of benzene rings is 1. The maximum absolute atomic E-state index is 12.8. The van der Waals surface area contributed by atoms with Crippen molar-refractivity contribution < 1.29 is 17.6 Å². The fourth-order valence-corrected chi connectivity index (χ4v) is 1.80. The summed E-state index contributed by atoms with van der Waals surface area (Å²) >= 11 is 5.73. The highest BCUT2D eigenvalue weighted by atomic mass is 35.5. The van der Waals surface area contributed by atoms with Gasteiger partial charge >= 0.3 is 0 Å². The molecule has 0 fully saturated rings. The number of nitrogen functional groups attached to an aromatic ring is 1. The first-order valence-corrected chi connectivity index (χ1v) is 5.01.